The minimum atomic E-state index is 0.718. The predicted octanol–water partition coefficient (Wildman–Crippen LogP) is 4.13. The first-order chi connectivity index (χ1) is 10.8. The molecule has 1 heterocycles. The van der Waals surface area contributed by atoms with Crippen LogP contribution in [0.2, 0.25) is 0 Å². The van der Waals surface area contributed by atoms with E-state index in [-0.39, 0.29) is 0 Å². The van der Waals surface area contributed by atoms with E-state index in [4.69, 9.17) is 14.5 Å². The third-order valence-electron chi connectivity index (χ3n) is 3.74. The Morgan fingerprint density at radius 1 is 1.00 bits per heavy atom. The van der Waals surface area contributed by atoms with Crippen LogP contribution in [0.1, 0.15) is 13.3 Å². The molecule has 0 bridgehead atoms. The van der Waals surface area contributed by atoms with Gasteiger partial charge in [0.25, 0.3) is 0 Å². The van der Waals surface area contributed by atoms with E-state index in [9.17, 15) is 0 Å². The lowest BCUT2D eigenvalue weighted by molar-refractivity contribution is 0.355. The zero-order valence-corrected chi connectivity index (χ0v) is 13.2. The van der Waals surface area contributed by atoms with Crippen LogP contribution in [-0.4, -0.2) is 23.8 Å². The SMILES string of the molecule is CCCn1c(-c2ccc(OC)c(OC)c2)nc2ccccc21. The van der Waals surface area contributed by atoms with Gasteiger partial charge in [0.15, 0.2) is 11.5 Å². The zero-order valence-electron chi connectivity index (χ0n) is 13.2. The van der Waals surface area contributed by atoms with Crippen LogP contribution in [-0.2, 0) is 6.54 Å². The molecule has 2 aromatic carbocycles. The third-order valence-corrected chi connectivity index (χ3v) is 3.74. The predicted molar refractivity (Wildman–Crippen MR) is 88.6 cm³/mol. The van der Waals surface area contributed by atoms with Gasteiger partial charge in [-0.1, -0.05) is 19.1 Å². The number of rotatable bonds is 5. The maximum Gasteiger partial charge on any atom is 0.161 e. The van der Waals surface area contributed by atoms with Gasteiger partial charge in [0.2, 0.25) is 0 Å². The van der Waals surface area contributed by atoms with Crippen molar-refractivity contribution in [2.75, 3.05) is 14.2 Å². The van der Waals surface area contributed by atoms with Gasteiger partial charge < -0.3 is 14.0 Å². The van der Waals surface area contributed by atoms with Gasteiger partial charge in [-0.15, -0.1) is 0 Å². The van der Waals surface area contributed by atoms with Crippen molar-refractivity contribution in [1.29, 1.82) is 0 Å². The molecule has 0 amide bonds. The van der Waals surface area contributed by atoms with E-state index in [0.29, 0.717) is 0 Å². The van der Waals surface area contributed by atoms with Crippen LogP contribution in [0.4, 0.5) is 0 Å². The smallest absolute Gasteiger partial charge is 0.161 e. The van der Waals surface area contributed by atoms with Gasteiger partial charge in [-0.05, 0) is 36.8 Å². The molecule has 3 rings (SSSR count). The van der Waals surface area contributed by atoms with E-state index in [2.05, 4.69) is 23.6 Å². The number of nitrogens with zero attached hydrogens (tertiary/aromatic N) is 2. The molecule has 0 aliphatic carbocycles. The maximum atomic E-state index is 5.41. The zero-order chi connectivity index (χ0) is 15.5. The Morgan fingerprint density at radius 2 is 1.77 bits per heavy atom. The van der Waals surface area contributed by atoms with Gasteiger partial charge in [-0.2, -0.15) is 0 Å². The molecular weight excluding hydrogens is 276 g/mol. The highest BCUT2D eigenvalue weighted by atomic mass is 16.5. The van der Waals surface area contributed by atoms with Gasteiger partial charge in [-0.3, -0.25) is 0 Å². The van der Waals surface area contributed by atoms with Crippen LogP contribution in [0.5, 0.6) is 11.5 Å². The first-order valence-electron chi connectivity index (χ1n) is 7.46. The summed E-state index contributed by atoms with van der Waals surface area (Å²) in [4.78, 5) is 4.80. The van der Waals surface area contributed by atoms with Crippen LogP contribution >= 0.6 is 0 Å². The molecule has 0 fully saturated rings. The van der Waals surface area contributed by atoms with Crippen molar-refractivity contribution in [3.8, 4) is 22.9 Å². The quantitative estimate of drug-likeness (QED) is 0.710. The van der Waals surface area contributed by atoms with E-state index in [1.807, 2.05) is 30.3 Å². The number of hydrogen-bond donors (Lipinski definition) is 0. The lowest BCUT2D eigenvalue weighted by atomic mass is 10.2. The number of hydrogen-bond acceptors (Lipinski definition) is 3. The first-order valence-corrected chi connectivity index (χ1v) is 7.46. The molecule has 0 saturated carbocycles. The molecule has 0 aliphatic rings. The number of imidazole rings is 1. The topological polar surface area (TPSA) is 36.3 Å². The second-order valence-electron chi connectivity index (χ2n) is 5.15. The molecule has 4 heteroatoms. The normalized spacial score (nSPS) is 10.9. The second kappa shape index (κ2) is 6.10. The van der Waals surface area contributed by atoms with Crippen molar-refractivity contribution in [2.45, 2.75) is 19.9 Å². The Morgan fingerprint density at radius 3 is 2.50 bits per heavy atom. The Labute approximate surface area is 130 Å². The molecule has 1 aromatic heterocycles. The number of fused-ring (bicyclic) bond motifs is 1. The molecule has 0 radical (unpaired) electrons. The molecule has 0 unspecified atom stereocenters. The number of aromatic nitrogens is 2. The van der Waals surface area contributed by atoms with Crippen molar-refractivity contribution in [1.82, 2.24) is 9.55 Å². The van der Waals surface area contributed by atoms with Crippen LogP contribution in [0.25, 0.3) is 22.4 Å². The Hall–Kier alpha value is -2.49. The molecule has 4 nitrogen and oxygen atoms in total. The fourth-order valence-corrected chi connectivity index (χ4v) is 2.72. The number of para-hydroxylation sites is 2. The van der Waals surface area contributed by atoms with E-state index >= 15 is 0 Å². The average molecular weight is 296 g/mol. The van der Waals surface area contributed by atoms with Gasteiger partial charge >= 0.3 is 0 Å². The lowest BCUT2D eigenvalue weighted by Crippen LogP contribution is -2.00. The number of aryl methyl sites for hydroxylation is 1. The largest absolute Gasteiger partial charge is 0.493 e. The van der Waals surface area contributed by atoms with Gasteiger partial charge in [-0.25, -0.2) is 4.98 Å². The van der Waals surface area contributed by atoms with Crippen molar-refractivity contribution in [3.05, 3.63) is 42.5 Å². The second-order valence-corrected chi connectivity index (χ2v) is 5.15. The summed E-state index contributed by atoms with van der Waals surface area (Å²) in [5.74, 6) is 2.41. The minimum Gasteiger partial charge on any atom is -0.493 e. The van der Waals surface area contributed by atoms with Crippen LogP contribution < -0.4 is 9.47 Å². The molecule has 114 valence electrons. The van der Waals surface area contributed by atoms with Crippen molar-refractivity contribution >= 4 is 11.0 Å². The van der Waals surface area contributed by atoms with Crippen LogP contribution in [0.15, 0.2) is 42.5 Å². The van der Waals surface area contributed by atoms with E-state index in [1.54, 1.807) is 14.2 Å². The third kappa shape index (κ3) is 2.41. The number of methoxy groups -OCH3 is 2. The van der Waals surface area contributed by atoms with E-state index < -0.39 is 0 Å². The Bertz CT molecular complexity index is 793. The monoisotopic (exact) mass is 296 g/mol. The van der Waals surface area contributed by atoms with Gasteiger partial charge in [0.1, 0.15) is 5.82 Å². The summed E-state index contributed by atoms with van der Waals surface area (Å²) < 4.78 is 13.0. The van der Waals surface area contributed by atoms with Crippen molar-refractivity contribution in [2.24, 2.45) is 0 Å². The summed E-state index contributed by atoms with van der Waals surface area (Å²) in [6.45, 7) is 3.11. The first kappa shape index (κ1) is 14.4. The summed E-state index contributed by atoms with van der Waals surface area (Å²) in [6, 6.07) is 14.2. The van der Waals surface area contributed by atoms with E-state index in [1.165, 1.54) is 0 Å². The van der Waals surface area contributed by atoms with Crippen LogP contribution in [0.3, 0.4) is 0 Å². The maximum absolute atomic E-state index is 5.41. The highest BCUT2D eigenvalue weighted by Crippen LogP contribution is 2.33. The summed E-state index contributed by atoms with van der Waals surface area (Å²) in [5, 5.41) is 0. The van der Waals surface area contributed by atoms with Crippen molar-refractivity contribution < 1.29 is 9.47 Å². The fourth-order valence-electron chi connectivity index (χ4n) is 2.72. The number of ether oxygens (including phenoxy) is 2. The molecule has 3 aromatic rings. The number of benzene rings is 2. The molecule has 0 atom stereocenters. The summed E-state index contributed by atoms with van der Waals surface area (Å²) in [5.41, 5.74) is 3.21. The molecule has 0 spiro atoms. The Kier molecular flexibility index (Phi) is 4.00. The van der Waals surface area contributed by atoms with Crippen LogP contribution in [0, 0.1) is 0 Å². The van der Waals surface area contributed by atoms with Gasteiger partial charge in [0.05, 0.1) is 25.3 Å². The summed E-state index contributed by atoms with van der Waals surface area (Å²) in [6.07, 6.45) is 1.06. The van der Waals surface area contributed by atoms with Crippen molar-refractivity contribution in [3.63, 3.8) is 0 Å². The molecule has 22 heavy (non-hydrogen) atoms. The average Bonchev–Trinajstić information content (AvgIpc) is 2.93. The molecular formula is C18H20N2O2. The Balaban J connectivity index is 2.19. The molecule has 0 saturated heterocycles. The lowest BCUT2D eigenvalue weighted by Gasteiger charge is -2.11. The summed E-state index contributed by atoms with van der Waals surface area (Å²) >= 11 is 0. The van der Waals surface area contributed by atoms with Gasteiger partial charge in [0, 0.05) is 12.1 Å². The highest BCUT2D eigenvalue weighted by molar-refractivity contribution is 5.81. The van der Waals surface area contributed by atoms with E-state index in [0.717, 1.165) is 46.9 Å². The molecule has 0 aliphatic heterocycles. The fraction of sp³-hybridized carbons (Fsp3) is 0.278. The summed E-state index contributed by atoms with van der Waals surface area (Å²) in [7, 11) is 3.29. The molecule has 0 N–H and O–H groups in total. The standard InChI is InChI=1S/C18H20N2O2/c1-4-11-20-15-8-6-5-7-14(15)19-18(20)13-9-10-16(21-2)17(12-13)22-3/h5-10,12H,4,11H2,1-3H3. The minimum absolute atomic E-state index is 0.718. The highest BCUT2D eigenvalue weighted by Gasteiger charge is 2.14.